The Hall–Kier alpha value is -0.260. The van der Waals surface area contributed by atoms with Gasteiger partial charge in [0.15, 0.2) is 0 Å². The van der Waals surface area contributed by atoms with Crippen molar-refractivity contribution in [3.05, 3.63) is 11.1 Å². The molecule has 0 aromatic heterocycles. The fraction of sp³-hybridized carbons (Fsp3) is 0.900. The largest absolute Gasteiger partial charge is 0.0738 e. The summed E-state index contributed by atoms with van der Waals surface area (Å²) in [6.07, 6.45) is 12.0. The first-order valence-corrected chi connectivity index (χ1v) is 9.12. The van der Waals surface area contributed by atoms with Crippen molar-refractivity contribution in [2.75, 3.05) is 0 Å². The molecule has 0 heterocycles. The molecule has 0 amide bonds. The third-order valence-corrected chi connectivity index (χ3v) is 5.09. The molecule has 0 fully saturated rings. The first kappa shape index (κ1) is 19.7. The van der Waals surface area contributed by atoms with Crippen molar-refractivity contribution in [1.82, 2.24) is 0 Å². The van der Waals surface area contributed by atoms with E-state index in [1.807, 2.05) is 0 Å². The molecule has 0 spiro atoms. The number of rotatable bonds is 11. The highest BCUT2D eigenvalue weighted by atomic mass is 14.4. The Labute approximate surface area is 129 Å². The van der Waals surface area contributed by atoms with Crippen LogP contribution in [-0.2, 0) is 0 Å². The van der Waals surface area contributed by atoms with Crippen molar-refractivity contribution in [2.45, 2.75) is 106 Å². The van der Waals surface area contributed by atoms with Crippen LogP contribution in [0.1, 0.15) is 106 Å². The van der Waals surface area contributed by atoms with Crippen LogP contribution in [0, 0.1) is 11.3 Å². The highest BCUT2D eigenvalue weighted by Crippen LogP contribution is 2.42. The Bertz CT molecular complexity index is 270. The first-order chi connectivity index (χ1) is 9.44. The molecule has 1 unspecified atom stereocenters. The van der Waals surface area contributed by atoms with E-state index in [1.54, 1.807) is 11.1 Å². The number of hydrogen-bond donors (Lipinski definition) is 0. The summed E-state index contributed by atoms with van der Waals surface area (Å²) in [6.45, 7) is 16.7. The lowest BCUT2D eigenvalue weighted by atomic mass is 9.68. The van der Waals surface area contributed by atoms with Crippen molar-refractivity contribution in [3.8, 4) is 0 Å². The van der Waals surface area contributed by atoms with Gasteiger partial charge in [0.05, 0.1) is 0 Å². The maximum Gasteiger partial charge on any atom is -0.0149 e. The molecular formula is C20H40. The molecule has 0 N–H and O–H groups in total. The van der Waals surface area contributed by atoms with Crippen molar-refractivity contribution in [2.24, 2.45) is 11.3 Å². The van der Waals surface area contributed by atoms with Crippen LogP contribution in [0.5, 0.6) is 0 Å². The zero-order valence-electron chi connectivity index (χ0n) is 15.4. The van der Waals surface area contributed by atoms with Crippen molar-refractivity contribution in [1.29, 1.82) is 0 Å². The second-order valence-corrected chi connectivity index (χ2v) is 7.20. The molecule has 0 aliphatic heterocycles. The molecule has 0 nitrogen and oxygen atoms in total. The number of unbranched alkanes of at least 4 members (excludes halogenated alkanes) is 2. The summed E-state index contributed by atoms with van der Waals surface area (Å²) < 4.78 is 0. The van der Waals surface area contributed by atoms with E-state index in [0.29, 0.717) is 5.41 Å². The second kappa shape index (κ2) is 10.5. The molecular weight excluding hydrogens is 240 g/mol. The molecule has 1 atom stereocenters. The molecule has 0 aromatic carbocycles. The predicted octanol–water partition coefficient (Wildman–Crippen LogP) is 7.54. The summed E-state index contributed by atoms with van der Waals surface area (Å²) >= 11 is 0. The molecule has 120 valence electrons. The van der Waals surface area contributed by atoms with Gasteiger partial charge in [0.1, 0.15) is 0 Å². The van der Waals surface area contributed by atoms with Gasteiger partial charge in [0.2, 0.25) is 0 Å². The number of allylic oxidation sites excluding steroid dienone is 2. The Morgan fingerprint density at radius 2 is 1.45 bits per heavy atom. The van der Waals surface area contributed by atoms with E-state index in [2.05, 4.69) is 48.5 Å². The average molecular weight is 281 g/mol. The smallest absolute Gasteiger partial charge is 0.0149 e. The second-order valence-electron chi connectivity index (χ2n) is 7.20. The SMILES string of the molecule is CCCCC(C)=C(CCC)C(CCCC)C(C)(C)CC. The van der Waals surface area contributed by atoms with Crippen molar-refractivity contribution in [3.63, 3.8) is 0 Å². The van der Waals surface area contributed by atoms with Gasteiger partial charge in [-0.1, -0.05) is 84.8 Å². The molecule has 0 aromatic rings. The van der Waals surface area contributed by atoms with E-state index >= 15 is 0 Å². The fourth-order valence-corrected chi connectivity index (χ4v) is 3.25. The topological polar surface area (TPSA) is 0 Å². The van der Waals surface area contributed by atoms with E-state index in [4.69, 9.17) is 0 Å². The molecule has 0 saturated heterocycles. The molecule has 0 heteroatoms. The molecule has 0 rings (SSSR count). The predicted molar refractivity (Wildman–Crippen MR) is 94.2 cm³/mol. The van der Waals surface area contributed by atoms with E-state index < -0.39 is 0 Å². The maximum atomic E-state index is 2.48. The van der Waals surface area contributed by atoms with E-state index in [0.717, 1.165) is 5.92 Å². The summed E-state index contributed by atoms with van der Waals surface area (Å²) in [5.41, 5.74) is 3.96. The van der Waals surface area contributed by atoms with Crippen LogP contribution in [0.15, 0.2) is 11.1 Å². The average Bonchev–Trinajstić information content (AvgIpc) is 2.43. The quantitative estimate of drug-likeness (QED) is 0.343. The Morgan fingerprint density at radius 1 is 0.850 bits per heavy atom. The van der Waals surface area contributed by atoms with E-state index in [-0.39, 0.29) is 0 Å². The molecule has 20 heavy (non-hydrogen) atoms. The molecule has 0 radical (unpaired) electrons. The van der Waals surface area contributed by atoms with E-state index in [9.17, 15) is 0 Å². The van der Waals surface area contributed by atoms with Gasteiger partial charge in [-0.3, -0.25) is 0 Å². The van der Waals surface area contributed by atoms with Crippen LogP contribution >= 0.6 is 0 Å². The van der Waals surface area contributed by atoms with E-state index in [1.165, 1.54) is 57.8 Å². The minimum absolute atomic E-state index is 0.452. The summed E-state index contributed by atoms with van der Waals surface area (Å²) in [5.74, 6) is 0.796. The standard InChI is InChI=1S/C20H40/c1-8-12-15-17(5)18(14-10-3)19(16-13-9-2)20(6,7)11-4/h19H,8-16H2,1-7H3. The zero-order valence-corrected chi connectivity index (χ0v) is 15.4. The van der Waals surface area contributed by atoms with Crippen molar-refractivity contribution >= 4 is 0 Å². The highest BCUT2D eigenvalue weighted by molar-refractivity contribution is 5.18. The summed E-state index contributed by atoms with van der Waals surface area (Å²) in [5, 5.41) is 0. The number of hydrogen-bond acceptors (Lipinski definition) is 0. The molecule has 0 aliphatic rings. The summed E-state index contributed by atoms with van der Waals surface area (Å²) in [4.78, 5) is 0. The molecule has 0 saturated carbocycles. The van der Waals surface area contributed by atoms with Crippen LogP contribution < -0.4 is 0 Å². The zero-order chi connectivity index (χ0) is 15.6. The van der Waals surface area contributed by atoms with Gasteiger partial charge < -0.3 is 0 Å². The van der Waals surface area contributed by atoms with Gasteiger partial charge in [-0.25, -0.2) is 0 Å². The van der Waals surface area contributed by atoms with Crippen LogP contribution in [0.3, 0.4) is 0 Å². The third kappa shape index (κ3) is 6.46. The van der Waals surface area contributed by atoms with Gasteiger partial charge in [0.25, 0.3) is 0 Å². The highest BCUT2D eigenvalue weighted by Gasteiger charge is 2.30. The minimum atomic E-state index is 0.452. The molecule has 0 aliphatic carbocycles. The van der Waals surface area contributed by atoms with Crippen LogP contribution in [0.2, 0.25) is 0 Å². The maximum absolute atomic E-state index is 2.48. The van der Waals surface area contributed by atoms with Gasteiger partial charge >= 0.3 is 0 Å². The van der Waals surface area contributed by atoms with Crippen molar-refractivity contribution < 1.29 is 0 Å². The van der Waals surface area contributed by atoms with Gasteiger partial charge in [0, 0.05) is 0 Å². The Morgan fingerprint density at radius 3 is 1.90 bits per heavy atom. The fourth-order valence-electron chi connectivity index (χ4n) is 3.25. The van der Waals surface area contributed by atoms with Crippen LogP contribution in [0.25, 0.3) is 0 Å². The summed E-state index contributed by atoms with van der Waals surface area (Å²) in [6, 6.07) is 0. The minimum Gasteiger partial charge on any atom is -0.0738 e. The molecule has 0 bridgehead atoms. The third-order valence-electron chi connectivity index (χ3n) is 5.09. The lowest BCUT2D eigenvalue weighted by Gasteiger charge is -2.37. The lowest BCUT2D eigenvalue weighted by Crippen LogP contribution is -2.26. The van der Waals surface area contributed by atoms with Crippen LogP contribution in [-0.4, -0.2) is 0 Å². The van der Waals surface area contributed by atoms with Gasteiger partial charge in [-0.15, -0.1) is 0 Å². The van der Waals surface area contributed by atoms with Gasteiger partial charge in [-0.2, -0.15) is 0 Å². The van der Waals surface area contributed by atoms with Crippen LogP contribution in [0.4, 0.5) is 0 Å². The summed E-state index contributed by atoms with van der Waals surface area (Å²) in [7, 11) is 0. The van der Waals surface area contributed by atoms with Gasteiger partial charge in [-0.05, 0) is 43.9 Å². The first-order valence-electron chi connectivity index (χ1n) is 9.12. The monoisotopic (exact) mass is 280 g/mol. The Balaban J connectivity index is 5.29. The Kier molecular flexibility index (Phi) is 10.3. The normalized spacial score (nSPS) is 15.2. The lowest BCUT2D eigenvalue weighted by molar-refractivity contribution is 0.215.